The van der Waals surface area contributed by atoms with Gasteiger partial charge in [0.2, 0.25) is 0 Å². The highest BCUT2D eigenvalue weighted by Crippen LogP contribution is 2.32. The van der Waals surface area contributed by atoms with Gasteiger partial charge in [-0.1, -0.05) is 19.3 Å². The summed E-state index contributed by atoms with van der Waals surface area (Å²) in [5, 5.41) is 14.3. The molecule has 1 saturated carbocycles. The van der Waals surface area contributed by atoms with Gasteiger partial charge in [0.15, 0.2) is 0 Å². The highest BCUT2D eigenvalue weighted by molar-refractivity contribution is 5.63. The summed E-state index contributed by atoms with van der Waals surface area (Å²) < 4.78 is 13.5. The summed E-state index contributed by atoms with van der Waals surface area (Å²) in [6.07, 6.45) is 5.76. The number of nitrogens with zero attached hydrogens (tertiary/aromatic N) is 1. The number of nitrogens with one attached hydrogen (secondary N) is 1. The van der Waals surface area contributed by atoms with Crippen molar-refractivity contribution in [1.29, 1.82) is 0 Å². The van der Waals surface area contributed by atoms with E-state index < -0.39 is 10.7 Å². The van der Waals surface area contributed by atoms with Crippen molar-refractivity contribution in [3.05, 3.63) is 33.6 Å². The molecule has 2 rings (SSSR count). The van der Waals surface area contributed by atoms with Crippen LogP contribution in [0.2, 0.25) is 0 Å². The summed E-state index contributed by atoms with van der Waals surface area (Å²) in [5.41, 5.74) is 6.36. The highest BCUT2D eigenvalue weighted by atomic mass is 19.1. The minimum absolute atomic E-state index is 0.00568. The number of rotatable bonds is 5. The molecule has 0 saturated heterocycles. The fraction of sp³-hybridized carbons (Fsp3) is 0.600. The van der Waals surface area contributed by atoms with Gasteiger partial charge in [-0.25, -0.2) is 4.39 Å². The number of aryl methyl sites for hydroxylation is 1. The van der Waals surface area contributed by atoms with Crippen molar-refractivity contribution in [3.63, 3.8) is 0 Å². The van der Waals surface area contributed by atoms with Crippen LogP contribution in [0, 0.1) is 28.8 Å². The molecule has 116 valence electrons. The first-order valence-corrected chi connectivity index (χ1v) is 7.44. The predicted octanol–water partition coefficient (Wildman–Crippen LogP) is 3.36. The van der Waals surface area contributed by atoms with Crippen LogP contribution in [0.25, 0.3) is 0 Å². The third kappa shape index (κ3) is 3.69. The summed E-state index contributed by atoms with van der Waals surface area (Å²) in [7, 11) is 0. The summed E-state index contributed by atoms with van der Waals surface area (Å²) in [6.45, 7) is 2.01. The molecule has 3 N–H and O–H groups in total. The maximum absolute atomic E-state index is 13.5. The molecular formula is C15H22FN3O2. The molecule has 6 heteroatoms. The molecule has 21 heavy (non-hydrogen) atoms. The predicted molar refractivity (Wildman–Crippen MR) is 80.8 cm³/mol. The fourth-order valence-electron chi connectivity index (χ4n) is 3.04. The zero-order valence-electron chi connectivity index (χ0n) is 12.3. The Balaban J connectivity index is 2.23. The molecule has 1 aromatic rings. The first-order chi connectivity index (χ1) is 10.0. The molecule has 1 fully saturated rings. The number of nitro benzene ring substituents is 1. The van der Waals surface area contributed by atoms with Crippen LogP contribution in [0.5, 0.6) is 0 Å². The molecule has 0 heterocycles. The molecule has 1 atom stereocenters. The third-order valence-corrected chi connectivity index (χ3v) is 4.29. The van der Waals surface area contributed by atoms with Gasteiger partial charge in [0.25, 0.3) is 5.69 Å². The molecule has 1 aliphatic carbocycles. The topological polar surface area (TPSA) is 81.2 Å². The van der Waals surface area contributed by atoms with E-state index in [4.69, 9.17) is 5.73 Å². The molecular weight excluding hydrogens is 273 g/mol. The molecule has 0 spiro atoms. The Morgan fingerprint density at radius 1 is 1.43 bits per heavy atom. The van der Waals surface area contributed by atoms with Crippen molar-refractivity contribution < 1.29 is 9.31 Å². The Morgan fingerprint density at radius 2 is 2.10 bits per heavy atom. The molecule has 0 bridgehead atoms. The van der Waals surface area contributed by atoms with Gasteiger partial charge in [0.05, 0.1) is 11.0 Å². The molecule has 5 nitrogen and oxygen atoms in total. The van der Waals surface area contributed by atoms with Crippen LogP contribution >= 0.6 is 0 Å². The van der Waals surface area contributed by atoms with Gasteiger partial charge in [-0.05, 0) is 37.3 Å². The second-order valence-electron chi connectivity index (χ2n) is 5.76. The molecule has 1 aliphatic rings. The van der Waals surface area contributed by atoms with E-state index in [1.807, 2.05) is 0 Å². The Bertz CT molecular complexity index is 516. The largest absolute Gasteiger partial charge is 0.375 e. The van der Waals surface area contributed by atoms with Gasteiger partial charge in [-0.3, -0.25) is 10.1 Å². The van der Waals surface area contributed by atoms with Gasteiger partial charge in [0, 0.05) is 12.6 Å². The van der Waals surface area contributed by atoms with Crippen LogP contribution < -0.4 is 11.1 Å². The third-order valence-electron chi connectivity index (χ3n) is 4.29. The van der Waals surface area contributed by atoms with E-state index in [1.165, 1.54) is 25.3 Å². The summed E-state index contributed by atoms with van der Waals surface area (Å²) in [6, 6.07) is 2.47. The van der Waals surface area contributed by atoms with Gasteiger partial charge in [-0.2, -0.15) is 0 Å². The average Bonchev–Trinajstić information content (AvgIpc) is 2.48. The van der Waals surface area contributed by atoms with Crippen molar-refractivity contribution in [1.82, 2.24) is 0 Å². The minimum Gasteiger partial charge on any atom is -0.375 e. The quantitative estimate of drug-likeness (QED) is 0.644. The molecule has 0 aromatic heterocycles. The van der Waals surface area contributed by atoms with E-state index in [0.717, 1.165) is 18.9 Å². The lowest BCUT2D eigenvalue weighted by atomic mass is 9.83. The van der Waals surface area contributed by atoms with Crippen LogP contribution in [0.4, 0.5) is 15.8 Å². The van der Waals surface area contributed by atoms with Crippen molar-refractivity contribution in [2.24, 2.45) is 11.7 Å². The Kier molecular flexibility index (Phi) is 5.12. The Labute approximate surface area is 123 Å². The SMILES string of the molecule is Cc1cc(NC(CN)C2CCCCC2)c([N+](=O)[O-])cc1F. The van der Waals surface area contributed by atoms with Crippen LogP contribution in [-0.2, 0) is 0 Å². The van der Waals surface area contributed by atoms with E-state index in [9.17, 15) is 14.5 Å². The van der Waals surface area contributed by atoms with Gasteiger partial charge in [0.1, 0.15) is 11.5 Å². The summed E-state index contributed by atoms with van der Waals surface area (Å²) in [5.74, 6) is -0.136. The smallest absolute Gasteiger partial charge is 0.295 e. The molecule has 1 unspecified atom stereocenters. The van der Waals surface area contributed by atoms with Crippen LogP contribution in [0.1, 0.15) is 37.7 Å². The highest BCUT2D eigenvalue weighted by Gasteiger charge is 2.25. The lowest BCUT2D eigenvalue weighted by molar-refractivity contribution is -0.384. The Hall–Kier alpha value is -1.69. The average molecular weight is 295 g/mol. The van der Waals surface area contributed by atoms with Crippen molar-refractivity contribution in [2.45, 2.75) is 45.1 Å². The number of nitro groups is 1. The zero-order chi connectivity index (χ0) is 15.4. The first-order valence-electron chi connectivity index (χ1n) is 7.44. The van der Waals surface area contributed by atoms with Crippen molar-refractivity contribution >= 4 is 11.4 Å². The molecule has 0 amide bonds. The van der Waals surface area contributed by atoms with Crippen molar-refractivity contribution in [3.8, 4) is 0 Å². The van der Waals surface area contributed by atoms with E-state index in [0.29, 0.717) is 23.7 Å². The van der Waals surface area contributed by atoms with Gasteiger partial charge in [-0.15, -0.1) is 0 Å². The summed E-state index contributed by atoms with van der Waals surface area (Å²) >= 11 is 0. The maximum Gasteiger partial charge on any atom is 0.295 e. The number of anilines is 1. The summed E-state index contributed by atoms with van der Waals surface area (Å²) in [4.78, 5) is 10.5. The number of benzene rings is 1. The number of hydrogen-bond donors (Lipinski definition) is 2. The minimum atomic E-state index is -0.561. The standard InChI is InChI=1S/C15H22FN3O2/c1-10-7-13(15(19(20)21)8-12(10)16)18-14(9-17)11-5-3-2-4-6-11/h7-8,11,14,18H,2-6,9,17H2,1H3. The van der Waals surface area contributed by atoms with E-state index >= 15 is 0 Å². The lowest BCUT2D eigenvalue weighted by Gasteiger charge is -2.30. The fourth-order valence-corrected chi connectivity index (χ4v) is 3.04. The Morgan fingerprint density at radius 3 is 2.67 bits per heavy atom. The van der Waals surface area contributed by atoms with E-state index in [1.54, 1.807) is 6.92 Å². The zero-order valence-corrected chi connectivity index (χ0v) is 12.3. The molecule has 1 aromatic carbocycles. The second-order valence-corrected chi connectivity index (χ2v) is 5.76. The number of halogens is 1. The van der Waals surface area contributed by atoms with Crippen molar-refractivity contribution in [2.75, 3.05) is 11.9 Å². The molecule has 0 aliphatic heterocycles. The molecule has 0 radical (unpaired) electrons. The maximum atomic E-state index is 13.5. The van der Waals surface area contributed by atoms with Crippen LogP contribution in [0.3, 0.4) is 0 Å². The van der Waals surface area contributed by atoms with E-state index in [-0.39, 0.29) is 11.7 Å². The monoisotopic (exact) mass is 295 g/mol. The number of hydrogen-bond acceptors (Lipinski definition) is 4. The first kappa shape index (κ1) is 15.7. The van der Waals surface area contributed by atoms with E-state index in [2.05, 4.69) is 5.32 Å². The van der Waals surface area contributed by atoms with Crippen LogP contribution in [0.15, 0.2) is 12.1 Å². The second kappa shape index (κ2) is 6.85. The number of nitrogens with two attached hydrogens (primary N) is 1. The lowest BCUT2D eigenvalue weighted by Crippen LogP contribution is -2.37. The van der Waals surface area contributed by atoms with Crippen LogP contribution in [-0.4, -0.2) is 17.5 Å². The van der Waals surface area contributed by atoms with Gasteiger partial charge < -0.3 is 11.1 Å². The normalized spacial score (nSPS) is 17.5. The van der Waals surface area contributed by atoms with Gasteiger partial charge >= 0.3 is 0 Å².